The molecule has 116 valence electrons. The topological polar surface area (TPSA) is 50.8 Å². The Balaban J connectivity index is 1.81. The summed E-state index contributed by atoms with van der Waals surface area (Å²) in [5.41, 5.74) is -0.257. The highest BCUT2D eigenvalue weighted by Gasteiger charge is 2.35. The molecule has 0 aromatic rings. The van der Waals surface area contributed by atoms with E-state index in [0.29, 0.717) is 13.2 Å². The lowest BCUT2D eigenvalue weighted by Crippen LogP contribution is -2.51. The van der Waals surface area contributed by atoms with E-state index in [1.807, 2.05) is 11.8 Å². The van der Waals surface area contributed by atoms with E-state index in [-0.39, 0.29) is 17.6 Å². The molecule has 2 aliphatic heterocycles. The maximum absolute atomic E-state index is 12.4. The summed E-state index contributed by atoms with van der Waals surface area (Å²) >= 11 is 0. The van der Waals surface area contributed by atoms with Crippen molar-refractivity contribution in [2.45, 2.75) is 50.7 Å². The molecule has 0 aromatic carbocycles. The normalized spacial score (nSPS) is 29.2. The summed E-state index contributed by atoms with van der Waals surface area (Å²) in [4.78, 5) is 14.4. The summed E-state index contributed by atoms with van der Waals surface area (Å²) in [6.07, 6.45) is 5.65. The third-order valence-corrected chi connectivity index (χ3v) is 4.52. The maximum atomic E-state index is 12.4. The van der Waals surface area contributed by atoms with E-state index in [1.54, 1.807) is 7.11 Å². The number of amides is 1. The maximum Gasteiger partial charge on any atom is 0.239 e. The Morgan fingerprint density at radius 1 is 1.35 bits per heavy atom. The van der Waals surface area contributed by atoms with Gasteiger partial charge in [0, 0.05) is 39.8 Å². The molecule has 0 saturated carbocycles. The SMILES string of the molecule is COC1(CNC(C)C(=O)N2CCCCCC2)CCOC1. The van der Waals surface area contributed by atoms with E-state index in [9.17, 15) is 4.79 Å². The van der Waals surface area contributed by atoms with Gasteiger partial charge in [-0.25, -0.2) is 0 Å². The number of rotatable bonds is 5. The third-order valence-electron chi connectivity index (χ3n) is 4.52. The van der Waals surface area contributed by atoms with Gasteiger partial charge in [0.15, 0.2) is 0 Å². The molecule has 2 fully saturated rings. The van der Waals surface area contributed by atoms with Crippen LogP contribution in [0.3, 0.4) is 0 Å². The van der Waals surface area contributed by atoms with E-state index >= 15 is 0 Å². The Kier molecular flexibility index (Phi) is 5.81. The van der Waals surface area contributed by atoms with Crippen molar-refractivity contribution in [1.29, 1.82) is 0 Å². The van der Waals surface area contributed by atoms with Crippen LogP contribution in [0.2, 0.25) is 0 Å². The standard InChI is InChI=1S/C15H28N2O3/c1-13(14(18)17-8-5-3-4-6-9-17)16-11-15(19-2)7-10-20-12-15/h13,16H,3-12H2,1-2H3. The minimum absolute atomic E-state index is 0.152. The second-order valence-corrected chi connectivity index (χ2v) is 6.03. The number of nitrogens with zero attached hydrogens (tertiary/aromatic N) is 1. The minimum atomic E-state index is -0.257. The first-order valence-electron chi connectivity index (χ1n) is 7.82. The number of hydrogen-bond donors (Lipinski definition) is 1. The van der Waals surface area contributed by atoms with Crippen molar-refractivity contribution < 1.29 is 14.3 Å². The molecular weight excluding hydrogens is 256 g/mol. The van der Waals surface area contributed by atoms with Crippen molar-refractivity contribution >= 4 is 5.91 Å². The van der Waals surface area contributed by atoms with Crippen molar-refractivity contribution in [3.05, 3.63) is 0 Å². The van der Waals surface area contributed by atoms with Crippen LogP contribution in [0.15, 0.2) is 0 Å². The van der Waals surface area contributed by atoms with Crippen molar-refractivity contribution in [3.8, 4) is 0 Å². The van der Waals surface area contributed by atoms with Gasteiger partial charge in [-0.05, 0) is 19.8 Å². The molecule has 2 heterocycles. The van der Waals surface area contributed by atoms with E-state index in [0.717, 1.165) is 39.0 Å². The van der Waals surface area contributed by atoms with E-state index < -0.39 is 0 Å². The molecule has 0 bridgehead atoms. The lowest BCUT2D eigenvalue weighted by atomic mass is 10.0. The van der Waals surface area contributed by atoms with Gasteiger partial charge in [0.2, 0.25) is 5.91 Å². The van der Waals surface area contributed by atoms with Crippen LogP contribution in [-0.2, 0) is 14.3 Å². The van der Waals surface area contributed by atoms with Crippen LogP contribution in [0.5, 0.6) is 0 Å². The smallest absolute Gasteiger partial charge is 0.239 e. The summed E-state index contributed by atoms with van der Waals surface area (Å²) in [5.74, 6) is 0.220. The molecule has 1 amide bonds. The first-order chi connectivity index (χ1) is 9.67. The molecule has 0 radical (unpaired) electrons. The van der Waals surface area contributed by atoms with Crippen LogP contribution in [0.4, 0.5) is 0 Å². The number of carbonyl (C=O) groups is 1. The number of carbonyl (C=O) groups excluding carboxylic acids is 1. The monoisotopic (exact) mass is 284 g/mol. The molecule has 2 aliphatic rings. The Hall–Kier alpha value is -0.650. The third kappa shape index (κ3) is 3.93. The number of nitrogens with one attached hydrogen (secondary N) is 1. The summed E-state index contributed by atoms with van der Waals surface area (Å²) in [5, 5.41) is 3.34. The molecule has 0 spiro atoms. The zero-order chi connectivity index (χ0) is 14.4. The van der Waals surface area contributed by atoms with Crippen LogP contribution in [0, 0.1) is 0 Å². The average Bonchev–Trinajstić information content (AvgIpc) is 2.78. The fraction of sp³-hybridized carbons (Fsp3) is 0.933. The Morgan fingerprint density at radius 2 is 2.05 bits per heavy atom. The lowest BCUT2D eigenvalue weighted by molar-refractivity contribution is -0.133. The summed E-state index contributed by atoms with van der Waals surface area (Å²) < 4.78 is 11.0. The van der Waals surface area contributed by atoms with Crippen LogP contribution < -0.4 is 5.32 Å². The number of hydrogen-bond acceptors (Lipinski definition) is 4. The second-order valence-electron chi connectivity index (χ2n) is 6.03. The van der Waals surface area contributed by atoms with Crippen molar-refractivity contribution in [2.75, 3.05) is 40.0 Å². The molecule has 1 N–H and O–H groups in total. The molecule has 20 heavy (non-hydrogen) atoms. The van der Waals surface area contributed by atoms with Crippen LogP contribution in [0.1, 0.15) is 39.0 Å². The first-order valence-corrected chi connectivity index (χ1v) is 7.82. The fourth-order valence-electron chi connectivity index (χ4n) is 2.95. The zero-order valence-corrected chi connectivity index (χ0v) is 12.8. The fourth-order valence-corrected chi connectivity index (χ4v) is 2.95. The van der Waals surface area contributed by atoms with Gasteiger partial charge in [-0.3, -0.25) is 4.79 Å². The largest absolute Gasteiger partial charge is 0.378 e. The van der Waals surface area contributed by atoms with Gasteiger partial charge in [-0.1, -0.05) is 12.8 Å². The molecule has 0 aliphatic carbocycles. The van der Waals surface area contributed by atoms with Gasteiger partial charge in [0.05, 0.1) is 12.6 Å². The highest BCUT2D eigenvalue weighted by Crippen LogP contribution is 2.21. The van der Waals surface area contributed by atoms with Gasteiger partial charge in [0.1, 0.15) is 5.60 Å². The Labute approximate surface area is 122 Å². The molecule has 2 unspecified atom stereocenters. The van der Waals surface area contributed by atoms with Gasteiger partial charge in [-0.15, -0.1) is 0 Å². The lowest BCUT2D eigenvalue weighted by Gasteiger charge is -2.30. The van der Waals surface area contributed by atoms with E-state index in [2.05, 4.69) is 5.32 Å². The predicted octanol–water partition coefficient (Wildman–Crippen LogP) is 1.17. The highest BCUT2D eigenvalue weighted by atomic mass is 16.5. The molecular formula is C15H28N2O3. The molecule has 0 aromatic heterocycles. The quantitative estimate of drug-likeness (QED) is 0.823. The molecule has 5 nitrogen and oxygen atoms in total. The summed E-state index contributed by atoms with van der Waals surface area (Å²) in [6.45, 7) is 5.79. The van der Waals surface area contributed by atoms with Gasteiger partial charge in [-0.2, -0.15) is 0 Å². The van der Waals surface area contributed by atoms with Crippen molar-refractivity contribution in [2.24, 2.45) is 0 Å². The second kappa shape index (κ2) is 7.38. The van der Waals surface area contributed by atoms with Crippen molar-refractivity contribution in [1.82, 2.24) is 10.2 Å². The van der Waals surface area contributed by atoms with E-state index in [1.165, 1.54) is 12.8 Å². The molecule has 5 heteroatoms. The van der Waals surface area contributed by atoms with Crippen molar-refractivity contribution in [3.63, 3.8) is 0 Å². The van der Waals surface area contributed by atoms with Gasteiger partial charge in [0.25, 0.3) is 0 Å². The zero-order valence-electron chi connectivity index (χ0n) is 12.8. The molecule has 2 saturated heterocycles. The summed E-state index contributed by atoms with van der Waals surface area (Å²) in [7, 11) is 1.72. The van der Waals surface area contributed by atoms with Crippen LogP contribution in [0.25, 0.3) is 0 Å². The van der Waals surface area contributed by atoms with E-state index in [4.69, 9.17) is 9.47 Å². The number of methoxy groups -OCH3 is 1. The predicted molar refractivity (Wildman–Crippen MR) is 77.7 cm³/mol. The Bertz CT molecular complexity index is 308. The summed E-state index contributed by atoms with van der Waals surface area (Å²) in [6, 6.07) is -0.152. The highest BCUT2D eigenvalue weighted by molar-refractivity contribution is 5.81. The van der Waals surface area contributed by atoms with Crippen LogP contribution in [-0.4, -0.2) is 62.4 Å². The number of ether oxygens (including phenoxy) is 2. The van der Waals surface area contributed by atoms with Gasteiger partial charge < -0.3 is 19.7 Å². The molecule has 2 atom stereocenters. The average molecular weight is 284 g/mol. The van der Waals surface area contributed by atoms with Gasteiger partial charge >= 0.3 is 0 Å². The first kappa shape index (κ1) is 15.7. The minimum Gasteiger partial charge on any atom is -0.378 e. The van der Waals surface area contributed by atoms with Crippen LogP contribution >= 0.6 is 0 Å². The number of likely N-dealkylation sites (tertiary alicyclic amines) is 1. The Morgan fingerprint density at radius 3 is 2.60 bits per heavy atom. The molecule has 2 rings (SSSR count).